The number of nitro groups is 1. The number of carbonyl (C=O) groups is 1. The zero-order chi connectivity index (χ0) is 24.6. The molecule has 0 aliphatic heterocycles. The number of hydrazone groups is 1. The summed E-state index contributed by atoms with van der Waals surface area (Å²) >= 11 is 0. The van der Waals surface area contributed by atoms with Crippen molar-refractivity contribution in [1.82, 2.24) is 5.43 Å². The molecular weight excluding hydrogens is 460 g/mol. The second-order valence-corrected chi connectivity index (χ2v) is 8.76. The Bertz CT molecular complexity index is 1260. The second kappa shape index (κ2) is 11.1. The lowest BCUT2D eigenvalue weighted by atomic mass is 10.2. The second-order valence-electron chi connectivity index (χ2n) is 6.89. The van der Waals surface area contributed by atoms with Crippen molar-refractivity contribution < 1.29 is 22.9 Å². The predicted octanol–water partition coefficient (Wildman–Crippen LogP) is 3.34. The molecule has 176 valence electrons. The number of benzene rings is 3. The van der Waals surface area contributed by atoms with Crippen LogP contribution in [0.25, 0.3) is 0 Å². The summed E-state index contributed by atoms with van der Waals surface area (Å²) in [5, 5.41) is 14.5. The van der Waals surface area contributed by atoms with Crippen LogP contribution in [0.4, 0.5) is 11.4 Å². The van der Waals surface area contributed by atoms with Gasteiger partial charge in [0.05, 0.1) is 28.3 Å². The molecule has 0 aliphatic rings. The third-order valence-electron chi connectivity index (χ3n) is 4.56. The molecule has 0 bridgehead atoms. The average Bonchev–Trinajstić information content (AvgIpc) is 2.84. The molecule has 0 spiro atoms. The van der Waals surface area contributed by atoms with Crippen molar-refractivity contribution in [2.24, 2.45) is 5.10 Å². The van der Waals surface area contributed by atoms with E-state index >= 15 is 0 Å². The van der Waals surface area contributed by atoms with Crippen LogP contribution in [0.5, 0.6) is 5.75 Å². The van der Waals surface area contributed by atoms with Crippen LogP contribution < -0.4 is 14.5 Å². The zero-order valence-electron chi connectivity index (χ0n) is 18.2. The van der Waals surface area contributed by atoms with E-state index in [1.807, 2.05) is 6.92 Å². The number of rotatable bonds is 10. The molecule has 1 N–H and O–H groups in total. The molecule has 0 unspecified atom stereocenters. The molecule has 0 atom stereocenters. The molecule has 3 rings (SSSR count). The summed E-state index contributed by atoms with van der Waals surface area (Å²) in [5.74, 6) is -0.105. The standard InChI is InChI=1S/C23H22N4O6S/c1-2-33-21-14-12-19(13-15-21)26(34(31,32)22-6-4-3-5-7-22)17-23(28)25-24-16-18-8-10-20(11-9-18)27(29)30/h3-16H,2,17H2,1H3,(H,25,28)/b24-16-. The topological polar surface area (TPSA) is 131 Å². The summed E-state index contributed by atoms with van der Waals surface area (Å²) in [6.07, 6.45) is 1.30. The fourth-order valence-electron chi connectivity index (χ4n) is 2.94. The minimum Gasteiger partial charge on any atom is -0.494 e. The van der Waals surface area contributed by atoms with E-state index in [9.17, 15) is 23.3 Å². The summed E-state index contributed by atoms with van der Waals surface area (Å²) in [6, 6.07) is 19.7. The molecule has 11 heteroatoms. The number of carbonyl (C=O) groups excluding carboxylic acids is 1. The number of amides is 1. The fourth-order valence-corrected chi connectivity index (χ4v) is 4.38. The van der Waals surface area contributed by atoms with Crippen molar-refractivity contribution >= 4 is 33.5 Å². The summed E-state index contributed by atoms with van der Waals surface area (Å²) in [6.45, 7) is 1.77. The Balaban J connectivity index is 1.79. The SMILES string of the molecule is CCOc1ccc(N(CC(=O)N/N=C\c2ccc([N+](=O)[O-])cc2)S(=O)(=O)c2ccccc2)cc1. The summed E-state index contributed by atoms with van der Waals surface area (Å²) in [5.41, 5.74) is 3.02. The van der Waals surface area contributed by atoms with Crippen molar-refractivity contribution in [2.45, 2.75) is 11.8 Å². The molecule has 10 nitrogen and oxygen atoms in total. The van der Waals surface area contributed by atoms with Gasteiger partial charge in [-0.3, -0.25) is 19.2 Å². The highest BCUT2D eigenvalue weighted by atomic mass is 32.2. The van der Waals surface area contributed by atoms with Crippen LogP contribution in [0.3, 0.4) is 0 Å². The van der Waals surface area contributed by atoms with E-state index < -0.39 is 27.4 Å². The summed E-state index contributed by atoms with van der Waals surface area (Å²) < 4.78 is 32.9. The van der Waals surface area contributed by atoms with Gasteiger partial charge in [-0.05, 0) is 61.0 Å². The largest absolute Gasteiger partial charge is 0.494 e. The molecule has 0 saturated heterocycles. The van der Waals surface area contributed by atoms with Gasteiger partial charge < -0.3 is 4.74 Å². The van der Waals surface area contributed by atoms with E-state index in [0.29, 0.717) is 17.9 Å². The van der Waals surface area contributed by atoms with Gasteiger partial charge in [0.25, 0.3) is 21.6 Å². The van der Waals surface area contributed by atoms with Crippen LogP contribution in [0.1, 0.15) is 12.5 Å². The number of nitrogens with one attached hydrogen (secondary N) is 1. The van der Waals surface area contributed by atoms with E-state index in [1.165, 1.54) is 42.6 Å². The molecule has 1 amide bonds. The zero-order valence-corrected chi connectivity index (χ0v) is 19.0. The quantitative estimate of drug-likeness (QED) is 0.268. The maximum absolute atomic E-state index is 13.3. The van der Waals surface area contributed by atoms with Gasteiger partial charge in [-0.2, -0.15) is 5.10 Å². The number of sulfonamides is 1. The summed E-state index contributed by atoms with van der Waals surface area (Å²) in [4.78, 5) is 22.8. The highest BCUT2D eigenvalue weighted by molar-refractivity contribution is 7.92. The first-order valence-corrected chi connectivity index (χ1v) is 11.6. The van der Waals surface area contributed by atoms with Gasteiger partial charge >= 0.3 is 0 Å². The Kier molecular flexibility index (Phi) is 7.93. The first-order chi connectivity index (χ1) is 16.3. The van der Waals surface area contributed by atoms with Gasteiger partial charge in [0, 0.05) is 12.1 Å². The Hall–Kier alpha value is -4.25. The van der Waals surface area contributed by atoms with E-state index in [1.54, 1.807) is 42.5 Å². The van der Waals surface area contributed by atoms with Crippen molar-refractivity contribution in [3.63, 3.8) is 0 Å². The highest BCUT2D eigenvalue weighted by Gasteiger charge is 2.27. The Labute approximate surface area is 196 Å². The van der Waals surface area contributed by atoms with Crippen LogP contribution in [0.15, 0.2) is 88.9 Å². The van der Waals surface area contributed by atoms with E-state index in [2.05, 4.69) is 10.5 Å². The lowest BCUT2D eigenvalue weighted by Crippen LogP contribution is -2.39. The molecule has 0 saturated carbocycles. The van der Waals surface area contributed by atoms with Crippen LogP contribution in [-0.4, -0.2) is 38.6 Å². The number of anilines is 1. The third-order valence-corrected chi connectivity index (χ3v) is 6.35. The van der Waals surface area contributed by atoms with Crippen LogP contribution >= 0.6 is 0 Å². The average molecular weight is 483 g/mol. The molecule has 34 heavy (non-hydrogen) atoms. The predicted molar refractivity (Wildman–Crippen MR) is 127 cm³/mol. The first-order valence-electron chi connectivity index (χ1n) is 10.2. The Morgan fingerprint density at radius 2 is 1.71 bits per heavy atom. The molecule has 0 radical (unpaired) electrons. The van der Waals surface area contributed by atoms with Gasteiger partial charge in [-0.25, -0.2) is 13.8 Å². The van der Waals surface area contributed by atoms with Gasteiger partial charge in [0.15, 0.2) is 0 Å². The third kappa shape index (κ3) is 6.17. The minimum absolute atomic E-state index is 0.0334. The molecular formula is C23H22N4O6S. The highest BCUT2D eigenvalue weighted by Crippen LogP contribution is 2.25. The molecule has 0 aromatic heterocycles. The van der Waals surface area contributed by atoms with E-state index in [0.717, 1.165) is 4.31 Å². The Morgan fingerprint density at radius 1 is 1.06 bits per heavy atom. The van der Waals surface area contributed by atoms with Gasteiger partial charge in [-0.15, -0.1) is 0 Å². The molecule has 3 aromatic carbocycles. The maximum Gasteiger partial charge on any atom is 0.269 e. The van der Waals surface area contributed by atoms with Gasteiger partial charge in [0.2, 0.25) is 0 Å². The van der Waals surface area contributed by atoms with Crippen LogP contribution in [0, 0.1) is 10.1 Å². The molecule has 0 fully saturated rings. The van der Waals surface area contributed by atoms with Crippen molar-refractivity contribution in [2.75, 3.05) is 17.5 Å². The lowest BCUT2D eigenvalue weighted by Gasteiger charge is -2.24. The lowest BCUT2D eigenvalue weighted by molar-refractivity contribution is -0.384. The number of nitro benzene ring substituents is 1. The monoisotopic (exact) mass is 482 g/mol. The fraction of sp³-hybridized carbons (Fsp3) is 0.130. The Morgan fingerprint density at radius 3 is 2.29 bits per heavy atom. The van der Waals surface area contributed by atoms with Gasteiger partial charge in [-0.1, -0.05) is 18.2 Å². The minimum atomic E-state index is -4.05. The maximum atomic E-state index is 13.3. The van der Waals surface area contributed by atoms with Crippen molar-refractivity contribution in [3.8, 4) is 5.75 Å². The van der Waals surface area contributed by atoms with E-state index in [4.69, 9.17) is 4.74 Å². The smallest absolute Gasteiger partial charge is 0.269 e. The molecule has 0 aliphatic carbocycles. The molecule has 0 heterocycles. The van der Waals surface area contributed by atoms with Crippen LogP contribution in [-0.2, 0) is 14.8 Å². The molecule has 3 aromatic rings. The number of hydrogen-bond acceptors (Lipinski definition) is 7. The first kappa shape index (κ1) is 24.4. The van der Waals surface area contributed by atoms with Crippen molar-refractivity contribution in [3.05, 3.63) is 94.5 Å². The normalized spacial score (nSPS) is 11.2. The number of hydrogen-bond donors (Lipinski definition) is 1. The number of ether oxygens (including phenoxy) is 1. The van der Waals surface area contributed by atoms with Crippen molar-refractivity contribution in [1.29, 1.82) is 0 Å². The summed E-state index contributed by atoms with van der Waals surface area (Å²) in [7, 11) is -4.05. The number of nitrogens with zero attached hydrogens (tertiary/aromatic N) is 3. The van der Waals surface area contributed by atoms with Crippen LogP contribution in [0.2, 0.25) is 0 Å². The number of non-ortho nitro benzene ring substituents is 1. The van der Waals surface area contributed by atoms with E-state index in [-0.39, 0.29) is 16.3 Å². The van der Waals surface area contributed by atoms with Gasteiger partial charge in [0.1, 0.15) is 12.3 Å².